The molecule has 0 aromatic carbocycles. The second kappa shape index (κ2) is 2.81. The Bertz CT molecular complexity index is 435. The molecule has 2 rings (SSSR count). The maximum atomic E-state index is 4.24. The van der Waals surface area contributed by atoms with Gasteiger partial charge in [0.1, 0.15) is 4.60 Å². The van der Waals surface area contributed by atoms with Crippen LogP contribution in [-0.4, -0.2) is 14.6 Å². The molecule has 0 spiro atoms. The lowest BCUT2D eigenvalue weighted by Gasteiger charge is -1.97. The second-order valence-corrected chi connectivity index (χ2v) is 4.12. The molecule has 62 valence electrons. The van der Waals surface area contributed by atoms with Crippen LogP contribution in [0.15, 0.2) is 21.3 Å². The van der Waals surface area contributed by atoms with Crippen LogP contribution in [0.4, 0.5) is 0 Å². The Labute approximate surface area is 86.1 Å². The molecule has 0 saturated carbocycles. The highest BCUT2D eigenvalue weighted by molar-refractivity contribution is 9.11. The first-order valence-corrected chi connectivity index (χ1v) is 4.93. The minimum Gasteiger partial charge on any atom is -0.234 e. The SMILES string of the molecule is Cc1cnc2c(Br)cc(Br)nn12. The van der Waals surface area contributed by atoms with E-state index in [9.17, 15) is 0 Å². The Balaban J connectivity index is 2.92. The van der Waals surface area contributed by atoms with Crippen molar-refractivity contribution in [1.29, 1.82) is 0 Å². The summed E-state index contributed by atoms with van der Waals surface area (Å²) < 4.78 is 3.52. The van der Waals surface area contributed by atoms with Crippen molar-refractivity contribution in [2.24, 2.45) is 0 Å². The molecule has 0 aliphatic carbocycles. The molecule has 0 atom stereocenters. The summed E-state index contributed by atoms with van der Waals surface area (Å²) >= 11 is 6.72. The minimum atomic E-state index is 0.794. The Kier molecular flexibility index (Phi) is 1.92. The van der Waals surface area contributed by atoms with Crippen molar-refractivity contribution in [3.63, 3.8) is 0 Å². The van der Waals surface area contributed by atoms with E-state index < -0.39 is 0 Å². The van der Waals surface area contributed by atoms with Crippen LogP contribution in [0.25, 0.3) is 5.65 Å². The van der Waals surface area contributed by atoms with Crippen molar-refractivity contribution >= 4 is 37.5 Å². The van der Waals surface area contributed by atoms with Gasteiger partial charge in [-0.2, -0.15) is 5.10 Å². The lowest BCUT2D eigenvalue weighted by atomic mass is 10.5. The number of aryl methyl sites for hydroxylation is 1. The number of hydrogen-bond acceptors (Lipinski definition) is 2. The summed E-state index contributed by atoms with van der Waals surface area (Å²) in [5.74, 6) is 0. The van der Waals surface area contributed by atoms with Crippen LogP contribution in [0.1, 0.15) is 5.69 Å². The van der Waals surface area contributed by atoms with E-state index in [1.807, 2.05) is 13.0 Å². The molecular formula is C7H5Br2N3. The van der Waals surface area contributed by atoms with Gasteiger partial charge in [0.2, 0.25) is 0 Å². The van der Waals surface area contributed by atoms with E-state index in [1.165, 1.54) is 0 Å². The fourth-order valence-corrected chi connectivity index (χ4v) is 2.20. The molecule has 0 N–H and O–H groups in total. The monoisotopic (exact) mass is 289 g/mol. The zero-order chi connectivity index (χ0) is 8.72. The highest BCUT2D eigenvalue weighted by atomic mass is 79.9. The van der Waals surface area contributed by atoms with Gasteiger partial charge in [0, 0.05) is 0 Å². The van der Waals surface area contributed by atoms with Crippen LogP contribution in [0.5, 0.6) is 0 Å². The van der Waals surface area contributed by atoms with Gasteiger partial charge in [-0.25, -0.2) is 9.50 Å². The Hall–Kier alpha value is -0.420. The van der Waals surface area contributed by atoms with E-state index in [1.54, 1.807) is 10.7 Å². The first-order valence-electron chi connectivity index (χ1n) is 3.35. The quantitative estimate of drug-likeness (QED) is 0.746. The van der Waals surface area contributed by atoms with E-state index >= 15 is 0 Å². The summed E-state index contributed by atoms with van der Waals surface area (Å²) in [6, 6.07) is 1.88. The van der Waals surface area contributed by atoms with Gasteiger partial charge in [0.25, 0.3) is 0 Å². The van der Waals surface area contributed by atoms with Gasteiger partial charge in [0.05, 0.1) is 16.4 Å². The second-order valence-electron chi connectivity index (χ2n) is 2.45. The van der Waals surface area contributed by atoms with Gasteiger partial charge >= 0.3 is 0 Å². The summed E-state index contributed by atoms with van der Waals surface area (Å²) in [6.45, 7) is 1.96. The average molecular weight is 291 g/mol. The zero-order valence-electron chi connectivity index (χ0n) is 6.25. The number of aromatic nitrogens is 3. The van der Waals surface area contributed by atoms with Gasteiger partial charge in [-0.15, -0.1) is 0 Å². The van der Waals surface area contributed by atoms with E-state index in [2.05, 4.69) is 41.9 Å². The molecule has 2 aromatic heterocycles. The lowest BCUT2D eigenvalue weighted by molar-refractivity contribution is 0.879. The molecule has 0 bridgehead atoms. The van der Waals surface area contributed by atoms with E-state index in [4.69, 9.17) is 0 Å². The van der Waals surface area contributed by atoms with Gasteiger partial charge in [0.15, 0.2) is 5.65 Å². The maximum Gasteiger partial charge on any atom is 0.168 e. The lowest BCUT2D eigenvalue weighted by Crippen LogP contribution is -1.94. The van der Waals surface area contributed by atoms with E-state index in [-0.39, 0.29) is 0 Å². The normalized spacial score (nSPS) is 10.9. The fourth-order valence-electron chi connectivity index (χ4n) is 1.01. The molecule has 0 aliphatic heterocycles. The van der Waals surface area contributed by atoms with Crippen molar-refractivity contribution in [2.75, 3.05) is 0 Å². The molecule has 0 saturated heterocycles. The fraction of sp³-hybridized carbons (Fsp3) is 0.143. The highest BCUT2D eigenvalue weighted by Gasteiger charge is 2.04. The topological polar surface area (TPSA) is 30.2 Å². The third-order valence-corrected chi connectivity index (χ3v) is 2.53. The Morgan fingerprint density at radius 1 is 1.42 bits per heavy atom. The maximum absolute atomic E-state index is 4.24. The number of fused-ring (bicyclic) bond motifs is 1. The van der Waals surface area contributed by atoms with Crippen LogP contribution >= 0.6 is 31.9 Å². The van der Waals surface area contributed by atoms with Crippen molar-refractivity contribution in [3.8, 4) is 0 Å². The number of rotatable bonds is 0. The molecular weight excluding hydrogens is 286 g/mol. The predicted molar refractivity (Wildman–Crippen MR) is 53.1 cm³/mol. The van der Waals surface area contributed by atoms with Crippen molar-refractivity contribution < 1.29 is 0 Å². The molecule has 12 heavy (non-hydrogen) atoms. The van der Waals surface area contributed by atoms with Gasteiger partial charge in [-0.3, -0.25) is 0 Å². The van der Waals surface area contributed by atoms with Gasteiger partial charge in [-0.05, 0) is 44.8 Å². The summed E-state index contributed by atoms with van der Waals surface area (Å²) in [5.41, 5.74) is 1.86. The third-order valence-electron chi connectivity index (χ3n) is 1.56. The largest absolute Gasteiger partial charge is 0.234 e. The number of hydrogen-bond donors (Lipinski definition) is 0. The number of imidazole rings is 1. The average Bonchev–Trinajstić information content (AvgIpc) is 2.33. The van der Waals surface area contributed by atoms with Crippen LogP contribution in [0.2, 0.25) is 0 Å². The molecule has 0 aliphatic rings. The van der Waals surface area contributed by atoms with Crippen molar-refractivity contribution in [2.45, 2.75) is 6.92 Å². The molecule has 0 radical (unpaired) electrons. The van der Waals surface area contributed by atoms with Crippen molar-refractivity contribution in [1.82, 2.24) is 14.6 Å². The molecule has 5 heteroatoms. The van der Waals surface area contributed by atoms with Gasteiger partial charge < -0.3 is 0 Å². The predicted octanol–water partition coefficient (Wildman–Crippen LogP) is 2.56. The molecule has 0 amide bonds. The molecule has 3 nitrogen and oxygen atoms in total. The minimum absolute atomic E-state index is 0.794. The van der Waals surface area contributed by atoms with E-state index in [0.717, 1.165) is 20.4 Å². The third kappa shape index (κ3) is 1.17. The standard InChI is InChI=1S/C7H5Br2N3/c1-4-3-10-7-5(8)2-6(9)11-12(4)7/h2-3H,1H3. The van der Waals surface area contributed by atoms with Crippen LogP contribution in [0.3, 0.4) is 0 Å². The van der Waals surface area contributed by atoms with Gasteiger partial charge in [-0.1, -0.05) is 0 Å². The number of halogens is 2. The van der Waals surface area contributed by atoms with Crippen LogP contribution < -0.4 is 0 Å². The van der Waals surface area contributed by atoms with E-state index in [0.29, 0.717) is 0 Å². The molecule has 0 fully saturated rings. The Morgan fingerprint density at radius 2 is 2.17 bits per heavy atom. The summed E-state index contributed by atoms with van der Waals surface area (Å²) in [7, 11) is 0. The van der Waals surface area contributed by atoms with Crippen LogP contribution in [0, 0.1) is 6.92 Å². The first kappa shape index (κ1) is 8.19. The smallest absolute Gasteiger partial charge is 0.168 e. The first-order chi connectivity index (χ1) is 5.68. The summed E-state index contributed by atoms with van der Waals surface area (Å²) in [4.78, 5) is 4.19. The number of nitrogens with zero attached hydrogens (tertiary/aromatic N) is 3. The Morgan fingerprint density at radius 3 is 2.92 bits per heavy atom. The highest BCUT2D eigenvalue weighted by Crippen LogP contribution is 2.20. The summed E-state index contributed by atoms with van der Waals surface area (Å²) in [5, 5.41) is 4.24. The molecule has 2 heterocycles. The van der Waals surface area contributed by atoms with Crippen LogP contribution in [-0.2, 0) is 0 Å². The van der Waals surface area contributed by atoms with Crippen molar-refractivity contribution in [3.05, 3.63) is 27.0 Å². The molecule has 2 aromatic rings. The zero-order valence-corrected chi connectivity index (χ0v) is 9.42. The summed E-state index contributed by atoms with van der Waals surface area (Å²) in [6.07, 6.45) is 1.79. The molecule has 0 unspecified atom stereocenters.